The number of amides is 2. The number of nitrogens with one attached hydrogen (secondary N) is 2. The number of rotatable bonds is 6. The number of allylic oxidation sites excluding steroid dienone is 1. The minimum atomic E-state index is -5.88. The van der Waals surface area contributed by atoms with Crippen LogP contribution in [0.2, 0.25) is 0 Å². The Kier molecular flexibility index (Phi) is 6.24. The fraction of sp³-hybridized carbons (Fsp3) is 0.412. The van der Waals surface area contributed by atoms with Gasteiger partial charge in [-0.25, -0.2) is 9.59 Å². The van der Waals surface area contributed by atoms with Crippen molar-refractivity contribution < 1.29 is 45.8 Å². The number of halogens is 5. The van der Waals surface area contributed by atoms with Gasteiger partial charge in [-0.05, 0) is 25.1 Å². The lowest BCUT2D eigenvalue weighted by Crippen LogP contribution is -2.46. The Balaban J connectivity index is 2.41. The second-order valence-corrected chi connectivity index (χ2v) is 5.96. The highest BCUT2D eigenvalue weighted by Gasteiger charge is 2.58. The van der Waals surface area contributed by atoms with E-state index in [0.29, 0.717) is 5.75 Å². The molecular weight excluding hydrogens is 407 g/mol. The Morgan fingerprint density at radius 1 is 1.14 bits per heavy atom. The number of carbonyl (C=O) groups excluding carboxylic acids is 2. The van der Waals surface area contributed by atoms with Gasteiger partial charge in [-0.15, -0.1) is 0 Å². The molecule has 12 heteroatoms. The molecular formula is C17H17F5N2O5. The largest absolute Gasteiger partial charge is 0.497 e. The predicted octanol–water partition coefficient (Wildman–Crippen LogP) is 3.07. The molecule has 1 heterocycles. The first-order valence-corrected chi connectivity index (χ1v) is 8.03. The van der Waals surface area contributed by atoms with Crippen LogP contribution in [-0.4, -0.2) is 44.9 Å². The number of ether oxygens (including phenoxy) is 3. The van der Waals surface area contributed by atoms with Gasteiger partial charge in [-0.3, -0.25) is 0 Å². The summed E-state index contributed by atoms with van der Waals surface area (Å²) in [6, 6.07) is 2.44. The molecule has 0 radical (unpaired) electrons. The van der Waals surface area contributed by atoms with Crippen molar-refractivity contribution in [3.8, 4) is 11.5 Å². The van der Waals surface area contributed by atoms with Crippen LogP contribution in [0.5, 0.6) is 11.5 Å². The van der Waals surface area contributed by atoms with Crippen LogP contribution in [0.4, 0.5) is 26.7 Å². The van der Waals surface area contributed by atoms with Crippen LogP contribution >= 0.6 is 0 Å². The maximum absolute atomic E-state index is 13.1. The van der Waals surface area contributed by atoms with Crippen LogP contribution in [0.3, 0.4) is 0 Å². The maximum atomic E-state index is 13.1. The Labute approximate surface area is 161 Å². The van der Waals surface area contributed by atoms with E-state index in [0.717, 1.165) is 0 Å². The van der Waals surface area contributed by atoms with Crippen LogP contribution in [0, 0.1) is 0 Å². The molecule has 0 spiro atoms. The zero-order valence-electron chi connectivity index (χ0n) is 15.4. The fourth-order valence-corrected chi connectivity index (χ4v) is 2.58. The number of carbonyl (C=O) groups is 2. The summed E-state index contributed by atoms with van der Waals surface area (Å²) in [4.78, 5) is 24.3. The first kappa shape index (κ1) is 22.2. The summed E-state index contributed by atoms with van der Waals surface area (Å²) in [5.74, 6) is -6.17. The van der Waals surface area contributed by atoms with Gasteiger partial charge in [0.25, 0.3) is 0 Å². The van der Waals surface area contributed by atoms with Gasteiger partial charge < -0.3 is 24.8 Å². The molecule has 0 saturated heterocycles. The molecule has 7 nitrogen and oxygen atoms in total. The van der Waals surface area contributed by atoms with E-state index in [1.54, 1.807) is 0 Å². The Morgan fingerprint density at radius 2 is 1.79 bits per heavy atom. The molecule has 1 aliphatic rings. The van der Waals surface area contributed by atoms with Crippen LogP contribution < -0.4 is 20.1 Å². The Hall–Kier alpha value is -3.05. The summed E-state index contributed by atoms with van der Waals surface area (Å²) >= 11 is 0. The predicted molar refractivity (Wildman–Crippen MR) is 88.6 cm³/mol. The van der Waals surface area contributed by atoms with Crippen molar-refractivity contribution in [3.05, 3.63) is 35.0 Å². The summed E-state index contributed by atoms with van der Waals surface area (Å²) in [5.41, 5.74) is -0.242. The number of urea groups is 1. The minimum Gasteiger partial charge on any atom is -0.497 e. The SMILES string of the molecule is COc1ccc(OC)c([C@H]2NC(=O)NC(C)=C2C(=O)OCC(F)(F)C(F)(F)F)c1. The highest BCUT2D eigenvalue weighted by molar-refractivity contribution is 5.95. The number of alkyl halides is 5. The van der Waals surface area contributed by atoms with E-state index in [9.17, 15) is 31.5 Å². The maximum Gasteiger partial charge on any atom is 0.456 e. The third kappa shape index (κ3) is 4.69. The van der Waals surface area contributed by atoms with Gasteiger partial charge in [0.05, 0.1) is 25.8 Å². The molecule has 0 aliphatic carbocycles. The van der Waals surface area contributed by atoms with E-state index in [1.165, 1.54) is 39.3 Å². The molecule has 1 atom stereocenters. The topological polar surface area (TPSA) is 85.9 Å². The van der Waals surface area contributed by atoms with Gasteiger partial charge in [0.2, 0.25) is 0 Å². The quantitative estimate of drug-likeness (QED) is 0.542. The average molecular weight is 424 g/mol. The van der Waals surface area contributed by atoms with Crippen molar-refractivity contribution in [3.63, 3.8) is 0 Å². The standard InChI is InChI=1S/C17H17F5N2O5/c1-8-12(14(25)29-7-16(18,19)17(20,21)22)13(24-15(26)23-8)10-6-9(27-2)4-5-11(10)28-3/h4-6,13H,7H2,1-3H3,(H2,23,24,26)/t13-/m1/s1. The lowest BCUT2D eigenvalue weighted by Gasteiger charge is -2.29. The molecule has 1 aromatic rings. The molecule has 0 aromatic heterocycles. The number of methoxy groups -OCH3 is 2. The van der Waals surface area contributed by atoms with Crippen molar-refractivity contribution in [2.75, 3.05) is 20.8 Å². The van der Waals surface area contributed by atoms with E-state index in [4.69, 9.17) is 9.47 Å². The zero-order valence-corrected chi connectivity index (χ0v) is 15.4. The molecule has 0 unspecified atom stereocenters. The first-order chi connectivity index (χ1) is 13.4. The summed E-state index contributed by atoms with van der Waals surface area (Å²) in [6.45, 7) is -0.932. The minimum absolute atomic E-state index is 0.0797. The number of hydrogen-bond donors (Lipinski definition) is 2. The average Bonchev–Trinajstić information content (AvgIpc) is 2.64. The molecule has 2 rings (SSSR count). The van der Waals surface area contributed by atoms with Gasteiger partial charge in [-0.2, -0.15) is 22.0 Å². The summed E-state index contributed by atoms with van der Waals surface area (Å²) in [5, 5.41) is 4.64. The van der Waals surface area contributed by atoms with Crippen LogP contribution in [-0.2, 0) is 9.53 Å². The molecule has 0 fully saturated rings. The van der Waals surface area contributed by atoms with Crippen molar-refractivity contribution in [1.82, 2.24) is 10.6 Å². The van der Waals surface area contributed by atoms with Crippen LogP contribution in [0.1, 0.15) is 18.5 Å². The lowest BCUT2D eigenvalue weighted by atomic mass is 9.94. The van der Waals surface area contributed by atoms with E-state index < -0.39 is 36.7 Å². The van der Waals surface area contributed by atoms with Crippen molar-refractivity contribution in [2.24, 2.45) is 0 Å². The zero-order chi connectivity index (χ0) is 22.0. The van der Waals surface area contributed by atoms with E-state index >= 15 is 0 Å². The third-order valence-corrected chi connectivity index (χ3v) is 4.04. The van der Waals surface area contributed by atoms with Crippen molar-refractivity contribution in [1.29, 1.82) is 0 Å². The first-order valence-electron chi connectivity index (χ1n) is 8.03. The fourth-order valence-electron chi connectivity index (χ4n) is 2.58. The van der Waals surface area contributed by atoms with E-state index in [-0.39, 0.29) is 22.6 Å². The molecule has 1 aromatic carbocycles. The highest BCUT2D eigenvalue weighted by atomic mass is 19.4. The van der Waals surface area contributed by atoms with Crippen molar-refractivity contribution in [2.45, 2.75) is 25.1 Å². The van der Waals surface area contributed by atoms with Gasteiger partial charge >= 0.3 is 24.1 Å². The summed E-state index contributed by atoms with van der Waals surface area (Å²) in [7, 11) is 2.68. The van der Waals surface area contributed by atoms with Crippen LogP contribution in [0.25, 0.3) is 0 Å². The molecule has 2 amide bonds. The van der Waals surface area contributed by atoms with Gasteiger partial charge in [-0.1, -0.05) is 0 Å². The summed E-state index contributed by atoms with van der Waals surface area (Å²) < 4.78 is 77.7. The third-order valence-electron chi connectivity index (χ3n) is 4.04. The Bertz CT molecular complexity index is 838. The molecule has 160 valence electrons. The summed E-state index contributed by atoms with van der Waals surface area (Å²) in [6.07, 6.45) is -5.88. The van der Waals surface area contributed by atoms with Crippen LogP contribution in [0.15, 0.2) is 29.5 Å². The number of benzene rings is 1. The van der Waals surface area contributed by atoms with Gasteiger partial charge in [0.1, 0.15) is 11.5 Å². The lowest BCUT2D eigenvalue weighted by molar-refractivity contribution is -0.293. The molecule has 29 heavy (non-hydrogen) atoms. The second kappa shape index (κ2) is 8.13. The van der Waals surface area contributed by atoms with E-state index in [1.807, 2.05) is 0 Å². The second-order valence-electron chi connectivity index (χ2n) is 5.96. The molecule has 0 saturated carbocycles. The monoisotopic (exact) mass is 424 g/mol. The number of hydrogen-bond acceptors (Lipinski definition) is 5. The highest BCUT2D eigenvalue weighted by Crippen LogP contribution is 2.38. The molecule has 1 aliphatic heterocycles. The molecule has 2 N–H and O–H groups in total. The van der Waals surface area contributed by atoms with Crippen molar-refractivity contribution >= 4 is 12.0 Å². The smallest absolute Gasteiger partial charge is 0.456 e. The molecule has 0 bridgehead atoms. The number of esters is 1. The normalized spacial score (nSPS) is 17.4. The van der Waals surface area contributed by atoms with E-state index in [2.05, 4.69) is 15.4 Å². The van der Waals surface area contributed by atoms with Gasteiger partial charge in [0.15, 0.2) is 6.61 Å². The van der Waals surface area contributed by atoms with Gasteiger partial charge in [0, 0.05) is 11.3 Å². The Morgan fingerprint density at radius 3 is 2.34 bits per heavy atom.